The van der Waals surface area contributed by atoms with Gasteiger partial charge in [-0.3, -0.25) is 9.59 Å². The summed E-state index contributed by atoms with van der Waals surface area (Å²) in [6, 6.07) is 12.1. The average Bonchev–Trinajstić information content (AvgIpc) is 2.64. The fraction of sp³-hybridized carbons (Fsp3) is 0.300. The minimum absolute atomic E-state index is 0.0626. The molecule has 138 valence electrons. The number of methoxy groups -OCH3 is 1. The van der Waals surface area contributed by atoms with Gasteiger partial charge in [0.15, 0.2) is 0 Å². The molecule has 5 nitrogen and oxygen atoms in total. The molecule has 0 spiro atoms. The van der Waals surface area contributed by atoms with Crippen LogP contribution in [-0.4, -0.2) is 25.0 Å². The van der Waals surface area contributed by atoms with Crippen LogP contribution in [0.25, 0.3) is 0 Å². The van der Waals surface area contributed by atoms with Crippen molar-refractivity contribution in [3.05, 3.63) is 65.5 Å². The molecule has 2 N–H and O–H groups in total. The van der Waals surface area contributed by atoms with Gasteiger partial charge in [0.05, 0.1) is 7.11 Å². The number of hydrogen-bond acceptors (Lipinski definition) is 3. The highest BCUT2D eigenvalue weighted by molar-refractivity contribution is 5.97. The zero-order valence-electron chi connectivity index (χ0n) is 15.1. The first-order valence-corrected chi connectivity index (χ1v) is 8.38. The van der Waals surface area contributed by atoms with E-state index in [9.17, 15) is 14.0 Å². The van der Waals surface area contributed by atoms with Gasteiger partial charge in [-0.25, -0.2) is 4.39 Å². The second-order valence-electron chi connectivity index (χ2n) is 6.23. The zero-order valence-corrected chi connectivity index (χ0v) is 15.1. The van der Waals surface area contributed by atoms with Crippen LogP contribution in [0.2, 0.25) is 0 Å². The van der Waals surface area contributed by atoms with E-state index in [1.807, 2.05) is 13.8 Å². The molecule has 1 atom stereocenters. The first-order valence-electron chi connectivity index (χ1n) is 8.38. The van der Waals surface area contributed by atoms with Gasteiger partial charge in [-0.1, -0.05) is 32.0 Å². The molecule has 2 amide bonds. The summed E-state index contributed by atoms with van der Waals surface area (Å²) >= 11 is 0. The third-order valence-corrected chi connectivity index (χ3v) is 4.00. The lowest BCUT2D eigenvalue weighted by atomic mass is 10.0. The quantitative estimate of drug-likeness (QED) is 0.800. The Kier molecular flexibility index (Phi) is 6.72. The van der Waals surface area contributed by atoms with Gasteiger partial charge < -0.3 is 15.4 Å². The standard InChI is InChI=1S/C20H23FN2O3/c1-13(2)18(20(25)22-12-15-6-4-5-7-17(15)21)23-19(24)14-8-10-16(26-3)11-9-14/h4-11,13,18H,12H2,1-3H3,(H,22,25)(H,23,24). The maximum atomic E-state index is 13.7. The Bertz CT molecular complexity index is 760. The van der Waals surface area contributed by atoms with Gasteiger partial charge in [0, 0.05) is 17.7 Å². The van der Waals surface area contributed by atoms with Gasteiger partial charge in [-0.2, -0.15) is 0 Å². The van der Waals surface area contributed by atoms with Crippen LogP contribution in [0, 0.1) is 11.7 Å². The van der Waals surface area contributed by atoms with E-state index in [0.717, 1.165) is 0 Å². The first-order chi connectivity index (χ1) is 12.4. The number of rotatable bonds is 7. The molecule has 0 aliphatic carbocycles. The van der Waals surface area contributed by atoms with E-state index in [4.69, 9.17) is 4.74 Å². The van der Waals surface area contributed by atoms with E-state index < -0.39 is 6.04 Å². The zero-order chi connectivity index (χ0) is 19.1. The molecule has 2 aromatic rings. The fourth-order valence-corrected chi connectivity index (χ4v) is 2.44. The van der Waals surface area contributed by atoms with Gasteiger partial charge in [-0.15, -0.1) is 0 Å². The number of amides is 2. The molecule has 0 aromatic heterocycles. The second kappa shape index (κ2) is 8.99. The molecule has 1 unspecified atom stereocenters. The van der Waals surface area contributed by atoms with Crippen LogP contribution < -0.4 is 15.4 Å². The highest BCUT2D eigenvalue weighted by Crippen LogP contribution is 2.12. The molecule has 0 bridgehead atoms. The number of carbonyl (C=O) groups is 2. The van der Waals surface area contributed by atoms with Crippen molar-refractivity contribution >= 4 is 11.8 Å². The minimum atomic E-state index is -0.726. The lowest BCUT2D eigenvalue weighted by molar-refractivity contribution is -0.124. The Morgan fingerprint density at radius 3 is 2.31 bits per heavy atom. The lowest BCUT2D eigenvalue weighted by Gasteiger charge is -2.22. The van der Waals surface area contributed by atoms with E-state index in [-0.39, 0.29) is 30.1 Å². The van der Waals surface area contributed by atoms with Gasteiger partial charge in [-0.05, 0) is 36.2 Å². The fourth-order valence-electron chi connectivity index (χ4n) is 2.44. The summed E-state index contributed by atoms with van der Waals surface area (Å²) in [4.78, 5) is 24.9. The molecule has 0 saturated carbocycles. The number of hydrogen-bond donors (Lipinski definition) is 2. The highest BCUT2D eigenvalue weighted by atomic mass is 19.1. The van der Waals surface area contributed by atoms with E-state index in [1.54, 1.807) is 49.6 Å². The molecule has 0 radical (unpaired) electrons. The summed E-state index contributed by atoms with van der Waals surface area (Å²) in [5.41, 5.74) is 0.822. The summed E-state index contributed by atoms with van der Waals surface area (Å²) in [6.07, 6.45) is 0. The molecule has 0 heterocycles. The van der Waals surface area contributed by atoms with Crippen molar-refractivity contribution in [1.29, 1.82) is 0 Å². The number of benzene rings is 2. The van der Waals surface area contributed by atoms with Crippen LogP contribution in [0.1, 0.15) is 29.8 Å². The van der Waals surface area contributed by atoms with Crippen LogP contribution in [0.4, 0.5) is 4.39 Å². The second-order valence-corrected chi connectivity index (χ2v) is 6.23. The summed E-state index contributed by atoms with van der Waals surface area (Å²) < 4.78 is 18.7. The Labute approximate surface area is 152 Å². The van der Waals surface area contributed by atoms with Crippen molar-refractivity contribution in [1.82, 2.24) is 10.6 Å². The van der Waals surface area contributed by atoms with Crippen molar-refractivity contribution in [3.63, 3.8) is 0 Å². The van der Waals surface area contributed by atoms with Crippen LogP contribution in [-0.2, 0) is 11.3 Å². The maximum absolute atomic E-state index is 13.7. The molecule has 0 aliphatic heterocycles. The Morgan fingerprint density at radius 2 is 1.73 bits per heavy atom. The average molecular weight is 358 g/mol. The molecule has 0 saturated heterocycles. The number of ether oxygens (including phenoxy) is 1. The SMILES string of the molecule is COc1ccc(C(=O)NC(C(=O)NCc2ccccc2F)C(C)C)cc1. The maximum Gasteiger partial charge on any atom is 0.251 e. The molecule has 0 aliphatic rings. The largest absolute Gasteiger partial charge is 0.497 e. The van der Waals surface area contributed by atoms with Gasteiger partial charge in [0.25, 0.3) is 5.91 Å². The predicted molar refractivity (Wildman–Crippen MR) is 97.3 cm³/mol. The van der Waals surface area contributed by atoms with Gasteiger partial charge >= 0.3 is 0 Å². The van der Waals surface area contributed by atoms with Crippen LogP contribution in [0.15, 0.2) is 48.5 Å². The third-order valence-electron chi connectivity index (χ3n) is 4.00. The summed E-state index contributed by atoms with van der Waals surface area (Å²) in [5, 5.41) is 5.42. The summed E-state index contributed by atoms with van der Waals surface area (Å²) in [6.45, 7) is 3.73. The number of nitrogens with one attached hydrogen (secondary N) is 2. The van der Waals surface area contributed by atoms with Crippen molar-refractivity contribution in [2.45, 2.75) is 26.4 Å². The Hall–Kier alpha value is -2.89. The molecule has 2 aromatic carbocycles. The van der Waals surface area contributed by atoms with Crippen molar-refractivity contribution < 1.29 is 18.7 Å². The predicted octanol–water partition coefficient (Wildman–Crippen LogP) is 2.91. The molecule has 6 heteroatoms. The van der Waals surface area contributed by atoms with Gasteiger partial charge in [0.2, 0.25) is 5.91 Å². The van der Waals surface area contributed by atoms with E-state index in [2.05, 4.69) is 10.6 Å². The molecular formula is C20H23FN2O3. The first kappa shape index (κ1) is 19.4. The van der Waals surface area contributed by atoms with E-state index >= 15 is 0 Å². The topological polar surface area (TPSA) is 67.4 Å². The van der Waals surface area contributed by atoms with Crippen molar-refractivity contribution in [3.8, 4) is 5.75 Å². The third kappa shape index (κ3) is 5.05. The van der Waals surface area contributed by atoms with E-state index in [0.29, 0.717) is 16.9 Å². The molecule has 26 heavy (non-hydrogen) atoms. The Balaban J connectivity index is 2.01. The van der Waals surface area contributed by atoms with E-state index in [1.165, 1.54) is 6.07 Å². The smallest absolute Gasteiger partial charge is 0.251 e. The highest BCUT2D eigenvalue weighted by Gasteiger charge is 2.24. The molecule has 2 rings (SSSR count). The lowest BCUT2D eigenvalue weighted by Crippen LogP contribution is -2.49. The molecular weight excluding hydrogens is 335 g/mol. The van der Waals surface area contributed by atoms with Crippen LogP contribution in [0.3, 0.4) is 0 Å². The number of halogens is 1. The van der Waals surface area contributed by atoms with Gasteiger partial charge in [0.1, 0.15) is 17.6 Å². The van der Waals surface area contributed by atoms with Crippen LogP contribution >= 0.6 is 0 Å². The van der Waals surface area contributed by atoms with Crippen molar-refractivity contribution in [2.75, 3.05) is 7.11 Å². The van der Waals surface area contributed by atoms with Crippen molar-refractivity contribution in [2.24, 2.45) is 5.92 Å². The number of carbonyl (C=O) groups excluding carboxylic acids is 2. The molecule has 0 fully saturated rings. The monoisotopic (exact) mass is 358 g/mol. The normalized spacial score (nSPS) is 11.7. The Morgan fingerprint density at radius 1 is 1.08 bits per heavy atom. The van der Waals surface area contributed by atoms with Crippen LogP contribution in [0.5, 0.6) is 5.75 Å². The minimum Gasteiger partial charge on any atom is -0.497 e. The summed E-state index contributed by atoms with van der Waals surface area (Å²) in [5.74, 6) is -0.573. The summed E-state index contributed by atoms with van der Waals surface area (Å²) in [7, 11) is 1.55.